The number of aromatic amines is 1. The van der Waals surface area contributed by atoms with Crippen molar-refractivity contribution in [2.75, 3.05) is 6.54 Å². The third-order valence-corrected chi connectivity index (χ3v) is 4.65. The lowest BCUT2D eigenvalue weighted by atomic mass is 10.1. The second-order valence-corrected chi connectivity index (χ2v) is 6.79. The Morgan fingerprint density at radius 3 is 2.89 bits per heavy atom. The molecule has 2 N–H and O–H groups in total. The molecule has 0 saturated carbocycles. The highest BCUT2D eigenvalue weighted by Crippen LogP contribution is 2.22. The van der Waals surface area contributed by atoms with E-state index in [0.29, 0.717) is 29.7 Å². The summed E-state index contributed by atoms with van der Waals surface area (Å²) in [5.41, 5.74) is 2.98. The van der Waals surface area contributed by atoms with Crippen LogP contribution in [0.1, 0.15) is 17.9 Å². The summed E-state index contributed by atoms with van der Waals surface area (Å²) in [5, 5.41) is 8.64. The molecule has 1 aromatic carbocycles. The number of H-pyrrole nitrogens is 1. The van der Waals surface area contributed by atoms with Crippen LogP contribution < -0.4 is 5.32 Å². The largest absolute Gasteiger partial charge is 0.361 e. The van der Waals surface area contributed by atoms with E-state index in [-0.39, 0.29) is 12.3 Å². The van der Waals surface area contributed by atoms with Crippen LogP contribution in [0.2, 0.25) is 5.02 Å². The number of rotatable bonds is 7. The number of hydrogen-bond acceptors (Lipinski definition) is 5. The average Bonchev–Trinajstić information content (AvgIpc) is 3.34. The van der Waals surface area contributed by atoms with Gasteiger partial charge in [-0.3, -0.25) is 9.78 Å². The van der Waals surface area contributed by atoms with Crippen molar-refractivity contribution in [3.63, 3.8) is 0 Å². The van der Waals surface area contributed by atoms with Gasteiger partial charge < -0.3 is 14.8 Å². The van der Waals surface area contributed by atoms with E-state index >= 15 is 0 Å². The van der Waals surface area contributed by atoms with E-state index in [0.717, 1.165) is 28.5 Å². The van der Waals surface area contributed by atoms with Gasteiger partial charge in [-0.2, -0.15) is 4.98 Å². The highest BCUT2D eigenvalue weighted by Gasteiger charge is 2.11. The zero-order valence-corrected chi connectivity index (χ0v) is 15.7. The third-order valence-electron chi connectivity index (χ3n) is 4.42. The van der Waals surface area contributed by atoms with Crippen molar-refractivity contribution in [3.8, 4) is 11.4 Å². The minimum atomic E-state index is -0.0541. The number of carbonyl (C=O) groups excluding carboxylic acids is 1. The van der Waals surface area contributed by atoms with E-state index in [1.54, 1.807) is 24.5 Å². The van der Waals surface area contributed by atoms with Gasteiger partial charge in [-0.05, 0) is 42.3 Å². The van der Waals surface area contributed by atoms with Crippen LogP contribution in [0.4, 0.5) is 0 Å². The maximum atomic E-state index is 12.1. The summed E-state index contributed by atoms with van der Waals surface area (Å²) >= 11 is 6.07. The Kier molecular flexibility index (Phi) is 5.34. The van der Waals surface area contributed by atoms with Crippen molar-refractivity contribution in [3.05, 3.63) is 65.4 Å². The number of aromatic nitrogens is 4. The molecule has 0 radical (unpaired) electrons. The Balaban J connectivity index is 1.26. The summed E-state index contributed by atoms with van der Waals surface area (Å²) in [6.07, 6.45) is 6.69. The van der Waals surface area contributed by atoms with Crippen LogP contribution in [0.5, 0.6) is 0 Å². The summed E-state index contributed by atoms with van der Waals surface area (Å²) < 4.78 is 5.21. The molecule has 0 aliphatic heterocycles. The Bertz CT molecular complexity index is 1090. The van der Waals surface area contributed by atoms with Gasteiger partial charge in [0, 0.05) is 59.5 Å². The van der Waals surface area contributed by atoms with Gasteiger partial charge in [-0.1, -0.05) is 16.8 Å². The Morgan fingerprint density at radius 1 is 1.18 bits per heavy atom. The smallest absolute Gasteiger partial charge is 0.227 e. The SMILES string of the molecule is O=C(CCc1nc(-c2ccncc2)no1)NCCc1c[nH]c2ccc(Cl)cc12. The summed E-state index contributed by atoms with van der Waals surface area (Å²) in [7, 11) is 0. The molecule has 0 saturated heterocycles. The molecule has 0 unspecified atom stereocenters. The van der Waals surface area contributed by atoms with E-state index in [2.05, 4.69) is 25.4 Å². The number of aryl methyl sites for hydroxylation is 1. The van der Waals surface area contributed by atoms with Gasteiger partial charge in [-0.25, -0.2) is 0 Å². The molecule has 0 bridgehead atoms. The molecule has 4 aromatic rings. The number of hydrogen-bond donors (Lipinski definition) is 2. The maximum absolute atomic E-state index is 12.1. The minimum Gasteiger partial charge on any atom is -0.361 e. The number of carbonyl (C=O) groups is 1. The van der Waals surface area contributed by atoms with Gasteiger partial charge in [0.15, 0.2) is 0 Å². The van der Waals surface area contributed by atoms with Gasteiger partial charge >= 0.3 is 0 Å². The average molecular weight is 396 g/mol. The highest BCUT2D eigenvalue weighted by atomic mass is 35.5. The van der Waals surface area contributed by atoms with Crippen LogP contribution >= 0.6 is 11.6 Å². The molecule has 1 amide bonds. The number of nitrogens with one attached hydrogen (secondary N) is 2. The van der Waals surface area contributed by atoms with Crippen molar-refractivity contribution in [2.45, 2.75) is 19.3 Å². The third kappa shape index (κ3) is 4.20. The van der Waals surface area contributed by atoms with Crippen molar-refractivity contribution in [2.24, 2.45) is 0 Å². The van der Waals surface area contributed by atoms with Gasteiger partial charge in [0.1, 0.15) is 0 Å². The summed E-state index contributed by atoms with van der Waals surface area (Å²) in [5.74, 6) is 0.880. The molecular formula is C20H18ClN5O2. The fourth-order valence-corrected chi connectivity index (χ4v) is 3.15. The molecule has 8 heteroatoms. The predicted octanol–water partition coefficient (Wildman–Crippen LogP) is 3.56. The number of pyridine rings is 1. The van der Waals surface area contributed by atoms with Crippen LogP contribution in [-0.4, -0.2) is 32.6 Å². The second-order valence-electron chi connectivity index (χ2n) is 6.35. The molecule has 3 heterocycles. The summed E-state index contributed by atoms with van der Waals surface area (Å²) in [6.45, 7) is 0.546. The van der Waals surface area contributed by atoms with E-state index in [1.807, 2.05) is 24.4 Å². The lowest BCUT2D eigenvalue weighted by Gasteiger charge is -2.04. The van der Waals surface area contributed by atoms with E-state index in [1.165, 1.54) is 0 Å². The van der Waals surface area contributed by atoms with Crippen molar-refractivity contribution < 1.29 is 9.32 Å². The zero-order chi connectivity index (χ0) is 19.3. The molecule has 0 spiro atoms. The van der Waals surface area contributed by atoms with Crippen LogP contribution in [0.25, 0.3) is 22.3 Å². The monoisotopic (exact) mass is 395 g/mol. The summed E-state index contributed by atoms with van der Waals surface area (Å²) in [6, 6.07) is 9.34. The second kappa shape index (κ2) is 8.22. The molecular weight excluding hydrogens is 378 g/mol. The fourth-order valence-electron chi connectivity index (χ4n) is 2.98. The molecule has 0 atom stereocenters. The number of fused-ring (bicyclic) bond motifs is 1. The lowest BCUT2D eigenvalue weighted by molar-refractivity contribution is -0.121. The summed E-state index contributed by atoms with van der Waals surface area (Å²) in [4.78, 5) is 23.6. The molecule has 4 rings (SSSR count). The standard InChI is InChI=1S/C20H18ClN5O2/c21-15-1-2-17-16(11-15)14(12-24-17)7-10-23-18(27)3-4-19-25-20(26-28-19)13-5-8-22-9-6-13/h1-2,5-6,8-9,11-12,24H,3-4,7,10H2,(H,23,27). The van der Waals surface area contributed by atoms with Crippen molar-refractivity contribution in [1.29, 1.82) is 0 Å². The highest BCUT2D eigenvalue weighted by molar-refractivity contribution is 6.31. The van der Waals surface area contributed by atoms with Gasteiger partial charge in [-0.15, -0.1) is 0 Å². The zero-order valence-electron chi connectivity index (χ0n) is 15.0. The van der Waals surface area contributed by atoms with Gasteiger partial charge in [0.25, 0.3) is 0 Å². The van der Waals surface area contributed by atoms with Gasteiger partial charge in [0.05, 0.1) is 0 Å². The van der Waals surface area contributed by atoms with Crippen LogP contribution in [0.3, 0.4) is 0 Å². The van der Waals surface area contributed by atoms with Gasteiger partial charge in [0.2, 0.25) is 17.6 Å². The lowest BCUT2D eigenvalue weighted by Crippen LogP contribution is -2.25. The molecule has 142 valence electrons. The fraction of sp³-hybridized carbons (Fsp3) is 0.200. The normalized spacial score (nSPS) is 11.0. The first-order valence-electron chi connectivity index (χ1n) is 8.94. The number of amides is 1. The van der Waals surface area contributed by atoms with Crippen molar-refractivity contribution in [1.82, 2.24) is 25.4 Å². The number of halogens is 1. The molecule has 0 aliphatic rings. The van der Waals surface area contributed by atoms with E-state index < -0.39 is 0 Å². The van der Waals surface area contributed by atoms with E-state index in [9.17, 15) is 4.79 Å². The maximum Gasteiger partial charge on any atom is 0.227 e. The predicted molar refractivity (Wildman–Crippen MR) is 106 cm³/mol. The number of benzene rings is 1. The first kappa shape index (κ1) is 18.2. The minimum absolute atomic E-state index is 0.0541. The molecule has 28 heavy (non-hydrogen) atoms. The van der Waals surface area contributed by atoms with Crippen LogP contribution in [0, 0.1) is 0 Å². The van der Waals surface area contributed by atoms with Crippen LogP contribution in [0.15, 0.2) is 53.4 Å². The Hall–Kier alpha value is -3.19. The quantitative estimate of drug-likeness (QED) is 0.498. The Morgan fingerprint density at radius 2 is 2.04 bits per heavy atom. The molecule has 0 fully saturated rings. The topological polar surface area (TPSA) is 96.7 Å². The van der Waals surface area contributed by atoms with Crippen LogP contribution in [-0.2, 0) is 17.6 Å². The Labute approximate surface area is 166 Å². The van der Waals surface area contributed by atoms with E-state index in [4.69, 9.17) is 16.1 Å². The van der Waals surface area contributed by atoms with Crippen molar-refractivity contribution >= 4 is 28.4 Å². The molecule has 7 nitrogen and oxygen atoms in total. The first-order valence-corrected chi connectivity index (χ1v) is 9.32. The molecule has 0 aliphatic carbocycles. The molecule has 3 aromatic heterocycles. The first-order chi connectivity index (χ1) is 13.7. The number of nitrogens with zero attached hydrogens (tertiary/aromatic N) is 3.